The number of carbonyl (C=O) groups excluding carboxylic acids is 2. The standard InChI is InChI=1S/C25H23N5O4/c1-25(2,3)34-24(33)30-14-18(26-15-30)11-12-21(31)27-17-8-6-7-16(13-17)22-19-9-4-5-10-20(19)23(32)29-28-22/h4-15H,1-3H3,(H,27,31)(H,29,32). The van der Waals surface area contributed by atoms with Crippen molar-refractivity contribution < 1.29 is 14.3 Å². The molecule has 0 spiro atoms. The third-order valence-corrected chi connectivity index (χ3v) is 4.71. The minimum atomic E-state index is -0.622. The third-order valence-electron chi connectivity index (χ3n) is 4.71. The van der Waals surface area contributed by atoms with E-state index in [1.165, 1.54) is 29.2 Å². The summed E-state index contributed by atoms with van der Waals surface area (Å²) in [4.78, 5) is 40.6. The molecule has 0 saturated carbocycles. The van der Waals surface area contributed by atoms with Crippen LogP contribution in [0.2, 0.25) is 0 Å². The number of aromatic nitrogens is 4. The van der Waals surface area contributed by atoms with Gasteiger partial charge in [-0.1, -0.05) is 30.3 Å². The van der Waals surface area contributed by atoms with Crippen LogP contribution in [0.15, 0.2) is 71.9 Å². The van der Waals surface area contributed by atoms with Crippen molar-refractivity contribution >= 4 is 34.5 Å². The first-order valence-corrected chi connectivity index (χ1v) is 10.5. The topological polar surface area (TPSA) is 119 Å². The van der Waals surface area contributed by atoms with E-state index in [-0.39, 0.29) is 11.5 Å². The van der Waals surface area contributed by atoms with Gasteiger partial charge in [0.25, 0.3) is 5.56 Å². The zero-order valence-corrected chi connectivity index (χ0v) is 18.9. The van der Waals surface area contributed by atoms with Gasteiger partial charge in [0.2, 0.25) is 5.91 Å². The number of fused-ring (bicyclic) bond motifs is 1. The maximum Gasteiger partial charge on any atom is 0.419 e. The molecule has 0 bridgehead atoms. The fraction of sp³-hybridized carbons (Fsp3) is 0.160. The molecule has 2 aromatic heterocycles. The lowest BCUT2D eigenvalue weighted by molar-refractivity contribution is -0.111. The Bertz CT molecular complexity index is 1460. The van der Waals surface area contributed by atoms with Gasteiger partial charge in [0, 0.05) is 28.9 Å². The Balaban J connectivity index is 1.48. The smallest absolute Gasteiger partial charge is 0.419 e. The highest BCUT2D eigenvalue weighted by molar-refractivity contribution is 6.02. The zero-order valence-electron chi connectivity index (χ0n) is 18.9. The van der Waals surface area contributed by atoms with Gasteiger partial charge in [0.15, 0.2) is 0 Å². The Morgan fingerprint density at radius 3 is 2.62 bits per heavy atom. The van der Waals surface area contributed by atoms with Gasteiger partial charge in [-0.3, -0.25) is 9.59 Å². The largest absolute Gasteiger partial charge is 0.443 e. The molecule has 9 heteroatoms. The van der Waals surface area contributed by atoms with E-state index in [1.807, 2.05) is 18.2 Å². The van der Waals surface area contributed by atoms with Crippen molar-refractivity contribution in [2.24, 2.45) is 0 Å². The van der Waals surface area contributed by atoms with Gasteiger partial charge >= 0.3 is 6.09 Å². The Hall–Kier alpha value is -4.53. The van der Waals surface area contributed by atoms with Crippen molar-refractivity contribution in [3.63, 3.8) is 0 Å². The Labute approximate surface area is 195 Å². The van der Waals surface area contributed by atoms with Crippen molar-refractivity contribution in [1.82, 2.24) is 19.7 Å². The molecule has 0 aliphatic rings. The second-order valence-corrected chi connectivity index (χ2v) is 8.54. The van der Waals surface area contributed by atoms with Gasteiger partial charge in [0.1, 0.15) is 11.9 Å². The normalized spacial score (nSPS) is 11.6. The Morgan fingerprint density at radius 2 is 1.85 bits per heavy atom. The summed E-state index contributed by atoms with van der Waals surface area (Å²) in [6, 6.07) is 14.4. The summed E-state index contributed by atoms with van der Waals surface area (Å²) >= 11 is 0. The van der Waals surface area contributed by atoms with E-state index in [1.54, 1.807) is 51.1 Å². The SMILES string of the molecule is CC(C)(C)OC(=O)n1cnc(C=CC(=O)Nc2cccc(-c3n[nH]c(=O)c4ccccc34)c2)c1. The summed E-state index contributed by atoms with van der Waals surface area (Å²) in [5.74, 6) is -0.372. The van der Waals surface area contributed by atoms with Crippen molar-refractivity contribution in [3.05, 3.63) is 83.2 Å². The second-order valence-electron chi connectivity index (χ2n) is 8.54. The lowest BCUT2D eigenvalue weighted by atomic mass is 10.0. The molecule has 0 aliphatic heterocycles. The molecule has 0 aliphatic carbocycles. The number of anilines is 1. The van der Waals surface area contributed by atoms with Crippen molar-refractivity contribution in [3.8, 4) is 11.3 Å². The summed E-state index contributed by atoms with van der Waals surface area (Å²) in [7, 11) is 0. The molecule has 0 radical (unpaired) electrons. The molecule has 4 aromatic rings. The van der Waals surface area contributed by atoms with Crippen LogP contribution in [0.4, 0.5) is 10.5 Å². The van der Waals surface area contributed by atoms with Crippen LogP contribution in [0, 0.1) is 0 Å². The highest BCUT2D eigenvalue weighted by Crippen LogP contribution is 2.26. The number of aromatic amines is 1. The summed E-state index contributed by atoms with van der Waals surface area (Å²) < 4.78 is 6.49. The van der Waals surface area contributed by atoms with E-state index in [0.29, 0.717) is 22.5 Å². The number of benzene rings is 2. The first-order chi connectivity index (χ1) is 16.2. The highest BCUT2D eigenvalue weighted by atomic mass is 16.6. The molecule has 0 fully saturated rings. The van der Waals surface area contributed by atoms with Crippen molar-refractivity contribution in [1.29, 1.82) is 0 Å². The average molecular weight is 457 g/mol. The molecule has 34 heavy (non-hydrogen) atoms. The number of H-pyrrole nitrogens is 1. The molecule has 1 amide bonds. The molecular weight excluding hydrogens is 434 g/mol. The number of imidazole rings is 1. The van der Waals surface area contributed by atoms with Crippen LogP contribution in [0.25, 0.3) is 28.1 Å². The molecule has 9 nitrogen and oxygen atoms in total. The lowest BCUT2D eigenvalue weighted by Gasteiger charge is -2.18. The summed E-state index contributed by atoms with van der Waals surface area (Å²) in [6.45, 7) is 5.33. The van der Waals surface area contributed by atoms with Crippen LogP contribution in [-0.4, -0.2) is 37.3 Å². The quantitative estimate of drug-likeness (QED) is 0.443. The third kappa shape index (κ3) is 5.26. The van der Waals surface area contributed by atoms with Gasteiger partial charge in [-0.2, -0.15) is 5.10 Å². The van der Waals surface area contributed by atoms with E-state index in [4.69, 9.17) is 4.74 Å². The Kier molecular flexibility index (Phi) is 6.09. The molecule has 4 rings (SSSR count). The number of hydrogen-bond acceptors (Lipinski definition) is 6. The van der Waals surface area contributed by atoms with Crippen LogP contribution < -0.4 is 10.9 Å². The summed E-state index contributed by atoms with van der Waals surface area (Å²) in [6.07, 6.45) is 5.07. The molecule has 0 atom stereocenters. The number of nitrogens with one attached hydrogen (secondary N) is 2. The van der Waals surface area contributed by atoms with Crippen LogP contribution in [0.5, 0.6) is 0 Å². The van der Waals surface area contributed by atoms with Gasteiger partial charge in [-0.05, 0) is 45.0 Å². The van der Waals surface area contributed by atoms with E-state index >= 15 is 0 Å². The lowest BCUT2D eigenvalue weighted by Crippen LogP contribution is -2.26. The first kappa shape index (κ1) is 22.7. The molecule has 0 saturated heterocycles. The van der Waals surface area contributed by atoms with Gasteiger partial charge in [-0.25, -0.2) is 19.4 Å². The van der Waals surface area contributed by atoms with Crippen molar-refractivity contribution in [2.75, 3.05) is 5.32 Å². The molecule has 2 N–H and O–H groups in total. The van der Waals surface area contributed by atoms with Gasteiger partial charge in [0.05, 0.1) is 16.8 Å². The van der Waals surface area contributed by atoms with E-state index in [2.05, 4.69) is 20.5 Å². The molecule has 2 heterocycles. The molecular formula is C25H23N5O4. The van der Waals surface area contributed by atoms with Gasteiger partial charge < -0.3 is 10.1 Å². The number of hydrogen-bond donors (Lipinski definition) is 2. The summed E-state index contributed by atoms with van der Waals surface area (Å²) in [5.41, 5.74) is 1.45. The highest BCUT2D eigenvalue weighted by Gasteiger charge is 2.17. The average Bonchev–Trinajstić information content (AvgIpc) is 3.27. The van der Waals surface area contributed by atoms with Crippen LogP contribution in [0.1, 0.15) is 26.5 Å². The van der Waals surface area contributed by atoms with Gasteiger partial charge in [-0.15, -0.1) is 0 Å². The number of carbonyl (C=O) groups is 2. The monoisotopic (exact) mass is 457 g/mol. The number of ether oxygens (including phenoxy) is 1. The maximum absolute atomic E-state index is 12.4. The number of nitrogens with zero attached hydrogens (tertiary/aromatic N) is 3. The molecule has 2 aromatic carbocycles. The predicted octanol–water partition coefficient (Wildman–Crippen LogP) is 4.22. The van der Waals surface area contributed by atoms with Crippen LogP contribution in [0.3, 0.4) is 0 Å². The van der Waals surface area contributed by atoms with Crippen molar-refractivity contribution in [2.45, 2.75) is 26.4 Å². The zero-order chi connectivity index (χ0) is 24.3. The fourth-order valence-corrected chi connectivity index (χ4v) is 3.26. The van der Waals surface area contributed by atoms with E-state index in [9.17, 15) is 14.4 Å². The van der Waals surface area contributed by atoms with E-state index < -0.39 is 11.7 Å². The minimum absolute atomic E-state index is 0.261. The Morgan fingerprint density at radius 1 is 1.09 bits per heavy atom. The number of amides is 1. The first-order valence-electron chi connectivity index (χ1n) is 10.5. The second kappa shape index (κ2) is 9.14. The van der Waals surface area contributed by atoms with Crippen LogP contribution >= 0.6 is 0 Å². The van der Waals surface area contributed by atoms with E-state index in [0.717, 1.165) is 10.9 Å². The molecule has 0 unspecified atom stereocenters. The maximum atomic E-state index is 12.4. The fourth-order valence-electron chi connectivity index (χ4n) is 3.26. The predicted molar refractivity (Wildman–Crippen MR) is 129 cm³/mol. The van der Waals surface area contributed by atoms with Crippen LogP contribution in [-0.2, 0) is 9.53 Å². The number of rotatable bonds is 4. The summed E-state index contributed by atoms with van der Waals surface area (Å²) in [5, 5.41) is 10.8. The molecule has 172 valence electrons. The minimum Gasteiger partial charge on any atom is -0.443 e.